The summed E-state index contributed by atoms with van der Waals surface area (Å²) in [7, 11) is 0. The van der Waals surface area contributed by atoms with E-state index in [2.05, 4.69) is 25.4 Å². The zero-order chi connectivity index (χ0) is 14.4. The van der Waals surface area contributed by atoms with E-state index in [4.69, 9.17) is 23.2 Å². The first-order chi connectivity index (χ1) is 9.01. The lowest BCUT2D eigenvalue weighted by molar-refractivity contribution is 1.08. The molecule has 0 bridgehead atoms. The third-order valence-electron chi connectivity index (χ3n) is 2.94. The van der Waals surface area contributed by atoms with Crippen molar-refractivity contribution in [2.75, 3.05) is 0 Å². The summed E-state index contributed by atoms with van der Waals surface area (Å²) in [5.41, 5.74) is 3.80. The molecule has 102 valence electrons. The molecule has 0 saturated carbocycles. The Balaban J connectivity index is 3.33. The molecule has 0 aromatic heterocycles. The predicted octanol–water partition coefficient (Wildman–Crippen LogP) is 6.06. The fraction of sp³-hybridized carbons (Fsp3) is 0.312. The molecule has 0 heterocycles. The number of allylic oxidation sites excluding steroid dienone is 2. The van der Waals surface area contributed by atoms with Crippen molar-refractivity contribution in [1.29, 1.82) is 0 Å². The fourth-order valence-electron chi connectivity index (χ4n) is 1.47. The maximum atomic E-state index is 6.26. The van der Waals surface area contributed by atoms with E-state index in [1.165, 1.54) is 5.57 Å². The van der Waals surface area contributed by atoms with E-state index in [0.717, 1.165) is 29.7 Å². The summed E-state index contributed by atoms with van der Waals surface area (Å²) in [6, 6.07) is 5.56. The largest absolute Gasteiger partial charge is 0.256 e. The van der Waals surface area contributed by atoms with Crippen LogP contribution in [0, 0.1) is 0 Å². The van der Waals surface area contributed by atoms with Gasteiger partial charge in [-0.3, -0.25) is 4.99 Å². The van der Waals surface area contributed by atoms with Gasteiger partial charge in [0.1, 0.15) is 0 Å². The van der Waals surface area contributed by atoms with Gasteiger partial charge in [0.15, 0.2) is 0 Å². The molecular formula is C16H19Cl2N. The van der Waals surface area contributed by atoms with Crippen LogP contribution in [0.25, 0.3) is 0 Å². The lowest BCUT2D eigenvalue weighted by Gasteiger charge is -2.10. The summed E-state index contributed by atoms with van der Waals surface area (Å²) < 4.78 is 0. The van der Waals surface area contributed by atoms with Gasteiger partial charge in [-0.2, -0.15) is 0 Å². The van der Waals surface area contributed by atoms with E-state index in [9.17, 15) is 0 Å². The van der Waals surface area contributed by atoms with Crippen LogP contribution in [0.4, 0.5) is 0 Å². The molecule has 1 rings (SSSR count). The molecule has 0 amide bonds. The van der Waals surface area contributed by atoms with Gasteiger partial charge in [0, 0.05) is 11.8 Å². The van der Waals surface area contributed by atoms with Gasteiger partial charge in [0.05, 0.1) is 15.8 Å². The number of benzene rings is 1. The number of halogens is 2. The van der Waals surface area contributed by atoms with Crippen LogP contribution in [0.15, 0.2) is 47.1 Å². The van der Waals surface area contributed by atoms with Crippen molar-refractivity contribution >= 4 is 28.9 Å². The Labute approximate surface area is 125 Å². The van der Waals surface area contributed by atoms with Crippen molar-refractivity contribution in [3.8, 4) is 0 Å². The molecule has 0 fully saturated rings. The molecule has 0 spiro atoms. The molecule has 1 aromatic rings. The highest BCUT2D eigenvalue weighted by Crippen LogP contribution is 2.28. The maximum absolute atomic E-state index is 6.26. The Morgan fingerprint density at radius 3 is 2.53 bits per heavy atom. The second-order valence-corrected chi connectivity index (χ2v) is 5.15. The molecule has 3 heteroatoms. The van der Waals surface area contributed by atoms with Gasteiger partial charge in [-0.25, -0.2) is 0 Å². The van der Waals surface area contributed by atoms with Gasteiger partial charge in [-0.1, -0.05) is 61.3 Å². The number of hydrogen-bond acceptors (Lipinski definition) is 1. The van der Waals surface area contributed by atoms with Crippen LogP contribution in [-0.4, -0.2) is 5.71 Å². The van der Waals surface area contributed by atoms with Crippen LogP contribution in [0.1, 0.15) is 39.2 Å². The highest BCUT2D eigenvalue weighted by Gasteiger charge is 2.12. The minimum atomic E-state index is 0.528. The average Bonchev–Trinajstić information content (AvgIpc) is 2.42. The quantitative estimate of drug-likeness (QED) is 0.585. The predicted molar refractivity (Wildman–Crippen MR) is 86.5 cm³/mol. The minimum Gasteiger partial charge on any atom is -0.256 e. The summed E-state index contributed by atoms with van der Waals surface area (Å²) in [6.45, 7) is 10.3. The third kappa shape index (κ3) is 4.22. The maximum Gasteiger partial charge on any atom is 0.0743 e. The molecule has 0 aliphatic rings. The molecule has 0 N–H and O–H groups in total. The SMILES string of the molecule is C=C(CC)C(=N/C=C(/C)CC)c1cccc(Cl)c1Cl. The first-order valence-corrected chi connectivity index (χ1v) is 7.12. The van der Waals surface area contributed by atoms with Gasteiger partial charge < -0.3 is 0 Å². The number of hydrogen-bond donors (Lipinski definition) is 0. The topological polar surface area (TPSA) is 12.4 Å². The van der Waals surface area contributed by atoms with Crippen LogP contribution < -0.4 is 0 Å². The summed E-state index contributed by atoms with van der Waals surface area (Å²) in [6.07, 6.45) is 3.66. The molecule has 0 unspecified atom stereocenters. The Bertz CT molecular complexity index is 528. The molecule has 0 atom stereocenters. The second kappa shape index (κ2) is 7.52. The van der Waals surface area contributed by atoms with Crippen molar-refractivity contribution in [1.82, 2.24) is 0 Å². The van der Waals surface area contributed by atoms with Crippen LogP contribution in [0.5, 0.6) is 0 Å². The van der Waals surface area contributed by atoms with Crippen LogP contribution in [0.3, 0.4) is 0 Å². The average molecular weight is 296 g/mol. The zero-order valence-corrected chi connectivity index (χ0v) is 13.1. The van der Waals surface area contributed by atoms with Gasteiger partial charge in [0.2, 0.25) is 0 Å². The standard InChI is InChI=1S/C16H19Cl2N/c1-5-11(3)10-19-16(12(4)6-2)13-8-7-9-14(17)15(13)18/h7-10H,4-6H2,1-3H3/b11-10-,19-16?. The normalized spacial score (nSPS) is 12.7. The Hall–Kier alpha value is -1.05. The minimum absolute atomic E-state index is 0.528. The Morgan fingerprint density at radius 2 is 1.95 bits per heavy atom. The summed E-state index contributed by atoms with van der Waals surface area (Å²) >= 11 is 12.3. The Morgan fingerprint density at radius 1 is 1.26 bits per heavy atom. The summed E-state index contributed by atoms with van der Waals surface area (Å²) in [5, 5.41) is 1.06. The molecule has 0 aliphatic carbocycles. The lowest BCUT2D eigenvalue weighted by Crippen LogP contribution is -2.04. The van der Waals surface area contributed by atoms with E-state index in [1.807, 2.05) is 25.3 Å². The van der Waals surface area contributed by atoms with E-state index >= 15 is 0 Å². The van der Waals surface area contributed by atoms with Gasteiger partial charge in [-0.15, -0.1) is 0 Å². The van der Waals surface area contributed by atoms with Gasteiger partial charge in [-0.05, 0) is 31.4 Å². The van der Waals surface area contributed by atoms with Crippen molar-refractivity contribution in [2.45, 2.75) is 33.6 Å². The van der Waals surface area contributed by atoms with E-state index in [1.54, 1.807) is 6.07 Å². The zero-order valence-electron chi connectivity index (χ0n) is 11.6. The lowest BCUT2D eigenvalue weighted by atomic mass is 10.0. The van der Waals surface area contributed by atoms with Crippen molar-refractivity contribution in [3.63, 3.8) is 0 Å². The molecule has 0 radical (unpaired) electrons. The van der Waals surface area contributed by atoms with Crippen LogP contribution >= 0.6 is 23.2 Å². The van der Waals surface area contributed by atoms with Crippen LogP contribution in [-0.2, 0) is 0 Å². The van der Waals surface area contributed by atoms with Crippen molar-refractivity contribution in [3.05, 3.63) is 57.7 Å². The first-order valence-electron chi connectivity index (χ1n) is 6.37. The summed E-state index contributed by atoms with van der Waals surface area (Å²) in [5.74, 6) is 0. The molecule has 19 heavy (non-hydrogen) atoms. The molecular weight excluding hydrogens is 277 g/mol. The van der Waals surface area contributed by atoms with E-state index in [0.29, 0.717) is 10.0 Å². The number of aliphatic imine (C=N–C) groups is 1. The third-order valence-corrected chi connectivity index (χ3v) is 3.76. The van der Waals surface area contributed by atoms with Gasteiger partial charge >= 0.3 is 0 Å². The first kappa shape index (κ1) is 16.0. The Kier molecular flexibility index (Phi) is 6.33. The fourth-order valence-corrected chi connectivity index (χ4v) is 1.86. The number of rotatable bonds is 5. The highest BCUT2D eigenvalue weighted by atomic mass is 35.5. The molecule has 0 aliphatic heterocycles. The van der Waals surface area contributed by atoms with Gasteiger partial charge in [0.25, 0.3) is 0 Å². The molecule has 1 nitrogen and oxygen atoms in total. The second-order valence-electron chi connectivity index (χ2n) is 4.37. The van der Waals surface area contributed by atoms with Crippen LogP contribution in [0.2, 0.25) is 10.0 Å². The highest BCUT2D eigenvalue weighted by molar-refractivity contribution is 6.44. The monoisotopic (exact) mass is 295 g/mol. The van der Waals surface area contributed by atoms with Crippen molar-refractivity contribution in [2.24, 2.45) is 4.99 Å². The van der Waals surface area contributed by atoms with Crippen molar-refractivity contribution < 1.29 is 0 Å². The molecule has 0 saturated heterocycles. The summed E-state index contributed by atoms with van der Waals surface area (Å²) in [4.78, 5) is 4.55. The van der Waals surface area contributed by atoms with E-state index < -0.39 is 0 Å². The van der Waals surface area contributed by atoms with E-state index in [-0.39, 0.29) is 0 Å². The molecule has 1 aromatic carbocycles. The smallest absolute Gasteiger partial charge is 0.0743 e. The number of nitrogens with zero attached hydrogens (tertiary/aromatic N) is 1.